The van der Waals surface area contributed by atoms with E-state index in [2.05, 4.69) is 5.32 Å². The number of sulfonamides is 1. The number of benzene rings is 2. The van der Waals surface area contributed by atoms with Gasteiger partial charge in [0.15, 0.2) is 11.5 Å². The number of hydrogen-bond acceptors (Lipinski definition) is 6. The number of carbonyl (C=O) groups excluding carboxylic acids is 1. The fraction of sp³-hybridized carbons (Fsp3) is 0.435. The molecule has 1 fully saturated rings. The number of anilines is 1. The van der Waals surface area contributed by atoms with E-state index in [0.717, 1.165) is 32.1 Å². The van der Waals surface area contributed by atoms with Crippen LogP contribution < -0.4 is 19.5 Å². The molecular weight excluding hydrogens is 432 g/mol. The molecule has 1 N–H and O–H groups in total. The summed E-state index contributed by atoms with van der Waals surface area (Å²) >= 11 is 0. The van der Waals surface area contributed by atoms with E-state index in [1.54, 1.807) is 30.3 Å². The van der Waals surface area contributed by atoms with Gasteiger partial charge in [0, 0.05) is 17.8 Å². The minimum atomic E-state index is -3.86. The molecule has 0 radical (unpaired) electrons. The SMILES string of the molecule is CCOc1ccc(S(=O)(=O)N(CC(=O)Nc2ccc3c(c2)OCO3)C2CCCCC2)cc1. The summed E-state index contributed by atoms with van der Waals surface area (Å²) in [6.07, 6.45) is 4.46. The quantitative estimate of drug-likeness (QED) is 0.644. The summed E-state index contributed by atoms with van der Waals surface area (Å²) in [5, 5.41) is 2.79. The van der Waals surface area contributed by atoms with Crippen LogP contribution in [0.3, 0.4) is 0 Å². The van der Waals surface area contributed by atoms with Gasteiger partial charge in [0.05, 0.1) is 18.0 Å². The fourth-order valence-corrected chi connectivity index (χ4v) is 5.75. The lowest BCUT2D eigenvalue weighted by Gasteiger charge is -2.33. The Hall–Kier alpha value is -2.78. The minimum absolute atomic E-state index is 0.141. The molecule has 1 aliphatic heterocycles. The maximum atomic E-state index is 13.5. The van der Waals surface area contributed by atoms with Crippen LogP contribution in [0.1, 0.15) is 39.0 Å². The molecule has 8 nitrogen and oxygen atoms in total. The summed E-state index contributed by atoms with van der Waals surface area (Å²) in [5.41, 5.74) is 0.529. The Morgan fingerprint density at radius 3 is 2.50 bits per heavy atom. The summed E-state index contributed by atoms with van der Waals surface area (Å²) in [5.74, 6) is 1.37. The predicted octanol–water partition coefficient (Wildman–Crippen LogP) is 3.78. The fourth-order valence-electron chi connectivity index (χ4n) is 4.11. The molecular formula is C23H28N2O6S. The van der Waals surface area contributed by atoms with E-state index >= 15 is 0 Å². The Balaban J connectivity index is 1.53. The molecule has 172 valence electrons. The van der Waals surface area contributed by atoms with E-state index < -0.39 is 15.9 Å². The van der Waals surface area contributed by atoms with Crippen LogP contribution in [0.2, 0.25) is 0 Å². The summed E-state index contributed by atoms with van der Waals surface area (Å²) in [7, 11) is -3.86. The summed E-state index contributed by atoms with van der Waals surface area (Å²) in [4.78, 5) is 13.0. The van der Waals surface area contributed by atoms with Gasteiger partial charge < -0.3 is 19.5 Å². The predicted molar refractivity (Wildman–Crippen MR) is 120 cm³/mol. The molecule has 1 heterocycles. The zero-order chi connectivity index (χ0) is 22.6. The van der Waals surface area contributed by atoms with Gasteiger partial charge in [0.2, 0.25) is 22.7 Å². The number of nitrogens with zero attached hydrogens (tertiary/aromatic N) is 1. The van der Waals surface area contributed by atoms with Crippen molar-refractivity contribution in [2.45, 2.75) is 50.0 Å². The second-order valence-corrected chi connectivity index (χ2v) is 9.75. The van der Waals surface area contributed by atoms with Crippen molar-refractivity contribution in [3.8, 4) is 17.2 Å². The van der Waals surface area contributed by atoms with Crippen LogP contribution in [0.25, 0.3) is 0 Å². The van der Waals surface area contributed by atoms with Crippen molar-refractivity contribution in [1.82, 2.24) is 4.31 Å². The van der Waals surface area contributed by atoms with Crippen molar-refractivity contribution in [2.24, 2.45) is 0 Å². The second-order valence-electron chi connectivity index (χ2n) is 7.86. The molecule has 2 aromatic rings. The number of hydrogen-bond donors (Lipinski definition) is 1. The Labute approximate surface area is 188 Å². The first-order valence-electron chi connectivity index (χ1n) is 10.9. The van der Waals surface area contributed by atoms with Crippen molar-refractivity contribution >= 4 is 21.6 Å². The highest BCUT2D eigenvalue weighted by Crippen LogP contribution is 2.34. The van der Waals surface area contributed by atoms with Crippen LogP contribution in [0.5, 0.6) is 17.2 Å². The molecule has 0 saturated heterocycles. The highest BCUT2D eigenvalue weighted by Gasteiger charge is 2.34. The standard InChI is InChI=1S/C23H28N2O6S/c1-2-29-19-9-11-20(12-10-19)32(27,28)25(18-6-4-3-5-7-18)15-23(26)24-17-8-13-21-22(14-17)31-16-30-21/h8-14,18H,2-7,15-16H2,1H3,(H,24,26). The van der Waals surface area contributed by atoms with E-state index in [0.29, 0.717) is 29.5 Å². The van der Waals surface area contributed by atoms with E-state index in [4.69, 9.17) is 14.2 Å². The van der Waals surface area contributed by atoms with Gasteiger partial charge in [-0.05, 0) is 56.2 Å². The van der Waals surface area contributed by atoms with Crippen LogP contribution >= 0.6 is 0 Å². The van der Waals surface area contributed by atoms with Gasteiger partial charge in [-0.1, -0.05) is 19.3 Å². The van der Waals surface area contributed by atoms with Gasteiger partial charge in [0.25, 0.3) is 0 Å². The molecule has 0 bridgehead atoms. The van der Waals surface area contributed by atoms with Gasteiger partial charge in [-0.2, -0.15) is 4.31 Å². The molecule has 2 aliphatic rings. The van der Waals surface area contributed by atoms with Crippen LogP contribution in [0, 0.1) is 0 Å². The number of rotatable bonds is 8. The van der Waals surface area contributed by atoms with Gasteiger partial charge >= 0.3 is 0 Å². The Morgan fingerprint density at radius 2 is 1.78 bits per heavy atom. The number of amides is 1. The molecule has 0 unspecified atom stereocenters. The second kappa shape index (κ2) is 9.79. The van der Waals surface area contributed by atoms with E-state index in [1.807, 2.05) is 6.92 Å². The lowest BCUT2D eigenvalue weighted by Crippen LogP contribution is -2.45. The highest BCUT2D eigenvalue weighted by atomic mass is 32.2. The van der Waals surface area contributed by atoms with Crippen LogP contribution in [-0.2, 0) is 14.8 Å². The van der Waals surface area contributed by atoms with Crippen LogP contribution in [-0.4, -0.2) is 44.6 Å². The van der Waals surface area contributed by atoms with E-state index in [9.17, 15) is 13.2 Å². The molecule has 2 aromatic carbocycles. The molecule has 9 heteroatoms. The third-order valence-corrected chi connectivity index (χ3v) is 7.59. The highest BCUT2D eigenvalue weighted by molar-refractivity contribution is 7.89. The zero-order valence-corrected chi connectivity index (χ0v) is 18.9. The number of carbonyl (C=O) groups is 1. The van der Waals surface area contributed by atoms with Crippen LogP contribution in [0.15, 0.2) is 47.4 Å². The van der Waals surface area contributed by atoms with Gasteiger partial charge in [-0.25, -0.2) is 8.42 Å². The zero-order valence-electron chi connectivity index (χ0n) is 18.1. The molecule has 1 aliphatic carbocycles. The summed E-state index contributed by atoms with van der Waals surface area (Å²) in [6, 6.07) is 11.2. The maximum Gasteiger partial charge on any atom is 0.243 e. The van der Waals surface area contributed by atoms with Crippen molar-refractivity contribution in [2.75, 3.05) is 25.3 Å². The molecule has 32 heavy (non-hydrogen) atoms. The lowest BCUT2D eigenvalue weighted by molar-refractivity contribution is -0.116. The summed E-state index contributed by atoms with van der Waals surface area (Å²) in [6.45, 7) is 2.26. The van der Waals surface area contributed by atoms with E-state index in [-0.39, 0.29) is 24.3 Å². The normalized spacial score (nSPS) is 16.2. The Kier molecular flexibility index (Phi) is 6.86. The summed E-state index contributed by atoms with van der Waals surface area (Å²) < 4.78 is 44.4. The monoisotopic (exact) mass is 460 g/mol. The molecule has 4 rings (SSSR count). The first-order valence-corrected chi connectivity index (χ1v) is 12.4. The van der Waals surface area contributed by atoms with Crippen molar-refractivity contribution < 1.29 is 27.4 Å². The average Bonchev–Trinajstić information content (AvgIpc) is 3.26. The Morgan fingerprint density at radius 1 is 1.06 bits per heavy atom. The average molecular weight is 461 g/mol. The Bertz CT molecular complexity index is 1050. The molecule has 0 spiro atoms. The van der Waals surface area contributed by atoms with Gasteiger partial charge in [-0.3, -0.25) is 4.79 Å². The smallest absolute Gasteiger partial charge is 0.243 e. The molecule has 1 amide bonds. The van der Waals surface area contributed by atoms with E-state index in [1.165, 1.54) is 16.4 Å². The van der Waals surface area contributed by atoms with Crippen molar-refractivity contribution in [1.29, 1.82) is 0 Å². The third-order valence-electron chi connectivity index (χ3n) is 5.68. The lowest BCUT2D eigenvalue weighted by atomic mass is 9.95. The topological polar surface area (TPSA) is 94.2 Å². The van der Waals surface area contributed by atoms with Crippen molar-refractivity contribution in [3.05, 3.63) is 42.5 Å². The van der Waals surface area contributed by atoms with Gasteiger partial charge in [-0.15, -0.1) is 0 Å². The molecule has 0 atom stereocenters. The van der Waals surface area contributed by atoms with Gasteiger partial charge in [0.1, 0.15) is 5.75 Å². The third kappa shape index (κ3) is 4.99. The molecule has 1 saturated carbocycles. The van der Waals surface area contributed by atoms with Crippen molar-refractivity contribution in [3.63, 3.8) is 0 Å². The number of ether oxygens (including phenoxy) is 3. The maximum absolute atomic E-state index is 13.5. The van der Waals surface area contributed by atoms with Crippen LogP contribution in [0.4, 0.5) is 5.69 Å². The largest absolute Gasteiger partial charge is 0.494 e. The molecule has 0 aromatic heterocycles. The first kappa shape index (κ1) is 22.4. The number of fused-ring (bicyclic) bond motifs is 1. The first-order chi connectivity index (χ1) is 15.5. The minimum Gasteiger partial charge on any atom is -0.494 e. The number of nitrogens with one attached hydrogen (secondary N) is 1.